The first-order valence-electron chi connectivity index (χ1n) is 2.82. The zero-order valence-corrected chi connectivity index (χ0v) is 6.87. The quantitative estimate of drug-likeness (QED) is 0.329. The predicted molar refractivity (Wildman–Crippen MR) is 37.3 cm³/mol. The molecular formula is C5H11ClOSi. The van der Waals surface area contributed by atoms with Crippen molar-refractivity contribution in [2.24, 2.45) is 0 Å². The molecule has 0 aromatic rings. The Kier molecular flexibility index (Phi) is 7.90. The van der Waals surface area contributed by atoms with Crippen molar-refractivity contribution < 1.29 is 4.43 Å². The van der Waals surface area contributed by atoms with Crippen LogP contribution >= 0.6 is 11.6 Å². The highest BCUT2D eigenvalue weighted by molar-refractivity contribution is 6.45. The fraction of sp³-hybridized carbons (Fsp3) is 1.00. The van der Waals surface area contributed by atoms with Crippen LogP contribution in [0.5, 0.6) is 0 Å². The van der Waals surface area contributed by atoms with Gasteiger partial charge in [-0.1, -0.05) is 13.3 Å². The Morgan fingerprint density at radius 2 is 2.38 bits per heavy atom. The Morgan fingerprint density at radius 1 is 1.62 bits per heavy atom. The highest BCUT2D eigenvalue weighted by Crippen LogP contribution is 1.86. The van der Waals surface area contributed by atoms with Crippen LogP contribution in [0.15, 0.2) is 0 Å². The van der Waals surface area contributed by atoms with Gasteiger partial charge in [0.15, 0.2) is 0 Å². The molecule has 2 radical (unpaired) electrons. The van der Waals surface area contributed by atoms with Gasteiger partial charge in [0.25, 0.3) is 0 Å². The third-order valence-electron chi connectivity index (χ3n) is 0.757. The molecular weight excluding hydrogens is 140 g/mol. The van der Waals surface area contributed by atoms with Gasteiger partial charge >= 0.3 is 0 Å². The second-order valence-corrected chi connectivity index (χ2v) is 3.13. The van der Waals surface area contributed by atoms with Gasteiger partial charge in [-0.3, -0.25) is 0 Å². The summed E-state index contributed by atoms with van der Waals surface area (Å²) in [4.78, 5) is 0. The van der Waals surface area contributed by atoms with E-state index in [4.69, 9.17) is 16.0 Å². The summed E-state index contributed by atoms with van der Waals surface area (Å²) in [5.41, 5.74) is 0.643. The van der Waals surface area contributed by atoms with E-state index in [1.165, 1.54) is 6.42 Å². The van der Waals surface area contributed by atoms with E-state index in [0.29, 0.717) is 15.3 Å². The predicted octanol–water partition coefficient (Wildman–Crippen LogP) is 1.62. The van der Waals surface area contributed by atoms with Crippen molar-refractivity contribution in [3.63, 3.8) is 0 Å². The van der Waals surface area contributed by atoms with E-state index in [2.05, 4.69) is 6.92 Å². The Labute approximate surface area is 58.3 Å². The van der Waals surface area contributed by atoms with Gasteiger partial charge in [-0.2, -0.15) is 0 Å². The van der Waals surface area contributed by atoms with E-state index >= 15 is 0 Å². The minimum Gasteiger partial charge on any atom is -0.416 e. The Morgan fingerprint density at radius 3 is 2.88 bits per heavy atom. The van der Waals surface area contributed by atoms with Crippen molar-refractivity contribution in [2.75, 3.05) is 12.1 Å². The molecule has 8 heavy (non-hydrogen) atoms. The number of rotatable bonds is 5. The third kappa shape index (κ3) is 6.47. The molecule has 0 aliphatic rings. The minimum absolute atomic E-state index is 0.490. The lowest BCUT2D eigenvalue weighted by Crippen LogP contribution is -2.01. The summed E-state index contributed by atoms with van der Waals surface area (Å²) in [5, 5.41) is 0. The Bertz CT molecular complexity index is 37.4. The largest absolute Gasteiger partial charge is 0.416 e. The molecule has 0 saturated carbocycles. The van der Waals surface area contributed by atoms with E-state index < -0.39 is 0 Å². The molecule has 3 heteroatoms. The number of halogens is 1. The zero-order chi connectivity index (χ0) is 6.24. The number of unbranched alkanes of at least 4 members (excludes halogenated alkanes) is 1. The normalized spacial score (nSPS) is 9.75. The summed E-state index contributed by atoms with van der Waals surface area (Å²) in [6.45, 7) is 3.02. The molecule has 0 aromatic heterocycles. The first kappa shape index (κ1) is 8.47. The molecule has 0 unspecified atom stereocenters. The Balaban J connectivity index is 2.53. The standard InChI is InChI=1S/C5H11ClOSi/c1-2-3-4-7-8-5-6/h2-5H2,1H3. The second kappa shape index (κ2) is 7.47. The lowest BCUT2D eigenvalue weighted by molar-refractivity contribution is 0.328. The minimum atomic E-state index is 0.490. The summed E-state index contributed by atoms with van der Waals surface area (Å²) in [5.74, 6) is 0. The first-order valence-corrected chi connectivity index (χ1v) is 4.47. The fourth-order valence-corrected chi connectivity index (χ4v) is 0.925. The van der Waals surface area contributed by atoms with Crippen molar-refractivity contribution in [3.8, 4) is 0 Å². The van der Waals surface area contributed by atoms with E-state index in [-0.39, 0.29) is 0 Å². The SMILES string of the molecule is CCCCO[Si]CCl. The molecule has 0 N–H and O–H groups in total. The molecule has 0 atom stereocenters. The van der Waals surface area contributed by atoms with Crippen LogP contribution in [0.25, 0.3) is 0 Å². The van der Waals surface area contributed by atoms with Crippen LogP contribution < -0.4 is 0 Å². The highest BCUT2D eigenvalue weighted by atomic mass is 35.5. The van der Waals surface area contributed by atoms with Crippen LogP contribution in [-0.4, -0.2) is 21.9 Å². The molecule has 0 rings (SSSR count). The van der Waals surface area contributed by atoms with Crippen molar-refractivity contribution in [2.45, 2.75) is 19.8 Å². The summed E-state index contributed by atoms with van der Waals surface area (Å²) < 4.78 is 5.12. The summed E-state index contributed by atoms with van der Waals surface area (Å²) in [6.07, 6.45) is 2.36. The highest BCUT2D eigenvalue weighted by Gasteiger charge is 1.85. The molecule has 0 bridgehead atoms. The van der Waals surface area contributed by atoms with Crippen LogP contribution in [0.1, 0.15) is 19.8 Å². The molecule has 48 valence electrons. The van der Waals surface area contributed by atoms with Crippen LogP contribution in [0, 0.1) is 0 Å². The molecule has 0 aliphatic carbocycles. The second-order valence-electron chi connectivity index (χ2n) is 1.48. The lowest BCUT2D eigenvalue weighted by atomic mass is 10.4. The van der Waals surface area contributed by atoms with Crippen LogP contribution in [-0.2, 0) is 4.43 Å². The molecule has 0 saturated heterocycles. The third-order valence-corrected chi connectivity index (χ3v) is 1.60. The molecule has 0 amide bonds. The average Bonchev–Trinajstić information content (AvgIpc) is 1.81. The van der Waals surface area contributed by atoms with Crippen molar-refractivity contribution >= 4 is 21.4 Å². The van der Waals surface area contributed by atoms with Crippen molar-refractivity contribution in [1.29, 1.82) is 0 Å². The number of alkyl halides is 1. The number of hydrogen-bond acceptors (Lipinski definition) is 1. The van der Waals surface area contributed by atoms with Gasteiger partial charge in [0, 0.05) is 12.1 Å². The summed E-state index contributed by atoms with van der Waals surface area (Å²) in [7, 11) is 0.490. The smallest absolute Gasteiger partial charge is 0.245 e. The first-order chi connectivity index (χ1) is 3.91. The maximum Gasteiger partial charge on any atom is 0.245 e. The van der Waals surface area contributed by atoms with Crippen LogP contribution in [0.2, 0.25) is 0 Å². The Hall–Kier alpha value is 0.467. The van der Waals surface area contributed by atoms with E-state index in [1.54, 1.807) is 0 Å². The van der Waals surface area contributed by atoms with Crippen LogP contribution in [0.3, 0.4) is 0 Å². The van der Waals surface area contributed by atoms with Gasteiger partial charge in [-0.15, -0.1) is 11.6 Å². The topological polar surface area (TPSA) is 9.23 Å². The molecule has 0 spiro atoms. The van der Waals surface area contributed by atoms with Gasteiger partial charge < -0.3 is 4.43 Å². The van der Waals surface area contributed by atoms with Gasteiger partial charge in [-0.05, 0) is 6.42 Å². The maximum absolute atomic E-state index is 5.37. The van der Waals surface area contributed by atoms with Gasteiger partial charge in [-0.25, -0.2) is 0 Å². The molecule has 0 heterocycles. The molecule has 0 fully saturated rings. The molecule has 1 nitrogen and oxygen atoms in total. The van der Waals surface area contributed by atoms with Gasteiger partial charge in [0.2, 0.25) is 9.76 Å². The average molecular weight is 151 g/mol. The lowest BCUT2D eigenvalue weighted by Gasteiger charge is -1.95. The van der Waals surface area contributed by atoms with Gasteiger partial charge in [0.05, 0.1) is 0 Å². The van der Waals surface area contributed by atoms with E-state index in [0.717, 1.165) is 13.0 Å². The van der Waals surface area contributed by atoms with Crippen molar-refractivity contribution in [1.82, 2.24) is 0 Å². The molecule has 0 aliphatic heterocycles. The van der Waals surface area contributed by atoms with E-state index in [9.17, 15) is 0 Å². The molecule has 0 aromatic carbocycles. The fourth-order valence-electron chi connectivity index (χ4n) is 0.327. The zero-order valence-electron chi connectivity index (χ0n) is 5.11. The number of hydrogen-bond donors (Lipinski definition) is 0. The maximum atomic E-state index is 5.37. The van der Waals surface area contributed by atoms with Gasteiger partial charge in [0.1, 0.15) is 0 Å². The van der Waals surface area contributed by atoms with E-state index in [1.807, 2.05) is 0 Å². The summed E-state index contributed by atoms with van der Waals surface area (Å²) in [6, 6.07) is 0. The summed E-state index contributed by atoms with van der Waals surface area (Å²) >= 11 is 5.37. The monoisotopic (exact) mass is 150 g/mol. The van der Waals surface area contributed by atoms with Crippen LogP contribution in [0.4, 0.5) is 0 Å². The van der Waals surface area contributed by atoms with Crippen molar-refractivity contribution in [3.05, 3.63) is 0 Å².